The van der Waals surface area contributed by atoms with Gasteiger partial charge in [-0.1, -0.05) is 27.5 Å². The maximum absolute atomic E-state index is 12.6. The normalized spacial score (nSPS) is 16.1. The summed E-state index contributed by atoms with van der Waals surface area (Å²) < 4.78 is 0.878. The Morgan fingerprint density at radius 3 is 2.80 bits per heavy atom. The summed E-state index contributed by atoms with van der Waals surface area (Å²) in [7, 11) is 0. The van der Waals surface area contributed by atoms with Crippen LogP contribution in [0.25, 0.3) is 0 Å². The minimum atomic E-state index is 0.0253. The van der Waals surface area contributed by atoms with E-state index in [-0.39, 0.29) is 5.91 Å². The topological polar surface area (TPSA) is 32.3 Å². The van der Waals surface area contributed by atoms with E-state index in [1.165, 1.54) is 0 Å². The Bertz CT molecular complexity index is 475. The molecular formula is C15H20BrClN2O. The predicted molar refractivity (Wildman–Crippen MR) is 86.3 cm³/mol. The van der Waals surface area contributed by atoms with Crippen LogP contribution < -0.4 is 5.32 Å². The molecular weight excluding hydrogens is 340 g/mol. The SMILES string of the molecule is CCN(CC1CCNCC1)C(=O)c1cc(Br)ccc1Cl. The van der Waals surface area contributed by atoms with Gasteiger partial charge in [-0.05, 0) is 57.0 Å². The van der Waals surface area contributed by atoms with E-state index in [9.17, 15) is 4.79 Å². The zero-order valence-corrected chi connectivity index (χ0v) is 14.0. The first-order valence-corrected chi connectivity index (χ1v) is 8.24. The standard InChI is InChI=1S/C15H20BrClN2O/c1-2-19(10-11-5-7-18-8-6-11)15(20)13-9-12(16)3-4-14(13)17/h3-4,9,11,18H,2,5-8,10H2,1H3. The van der Waals surface area contributed by atoms with Crippen LogP contribution in [0.3, 0.4) is 0 Å². The number of piperidine rings is 1. The Kier molecular flexibility index (Phi) is 5.87. The second kappa shape index (κ2) is 7.43. The van der Waals surface area contributed by atoms with Crippen LogP contribution in [0.5, 0.6) is 0 Å². The number of amides is 1. The van der Waals surface area contributed by atoms with Gasteiger partial charge in [0.15, 0.2) is 0 Å². The lowest BCUT2D eigenvalue weighted by Crippen LogP contribution is -2.39. The highest BCUT2D eigenvalue weighted by Crippen LogP contribution is 2.23. The summed E-state index contributed by atoms with van der Waals surface area (Å²) in [5, 5.41) is 3.87. The minimum absolute atomic E-state index is 0.0253. The number of hydrogen-bond donors (Lipinski definition) is 1. The number of nitrogens with zero attached hydrogens (tertiary/aromatic N) is 1. The largest absolute Gasteiger partial charge is 0.339 e. The smallest absolute Gasteiger partial charge is 0.255 e. The summed E-state index contributed by atoms with van der Waals surface area (Å²) in [6, 6.07) is 5.41. The molecule has 1 saturated heterocycles. The fourth-order valence-electron chi connectivity index (χ4n) is 2.56. The van der Waals surface area contributed by atoms with Crippen LogP contribution in [0.1, 0.15) is 30.1 Å². The van der Waals surface area contributed by atoms with Crippen LogP contribution in [-0.4, -0.2) is 37.0 Å². The average Bonchev–Trinajstić information content (AvgIpc) is 2.47. The second-order valence-electron chi connectivity index (χ2n) is 5.16. The van der Waals surface area contributed by atoms with Crippen molar-refractivity contribution in [3.63, 3.8) is 0 Å². The number of carbonyl (C=O) groups is 1. The molecule has 1 aliphatic rings. The summed E-state index contributed by atoms with van der Waals surface area (Å²) in [6.45, 7) is 5.65. The minimum Gasteiger partial charge on any atom is -0.339 e. The maximum Gasteiger partial charge on any atom is 0.255 e. The van der Waals surface area contributed by atoms with E-state index in [4.69, 9.17) is 11.6 Å². The molecule has 0 aliphatic carbocycles. The van der Waals surface area contributed by atoms with Crippen LogP contribution in [0.15, 0.2) is 22.7 Å². The first-order valence-electron chi connectivity index (χ1n) is 7.07. The van der Waals surface area contributed by atoms with Gasteiger partial charge in [-0.3, -0.25) is 4.79 Å². The predicted octanol–water partition coefficient (Wildman–Crippen LogP) is 3.56. The molecule has 0 radical (unpaired) electrons. The molecule has 2 rings (SSSR count). The summed E-state index contributed by atoms with van der Waals surface area (Å²) in [4.78, 5) is 14.5. The number of hydrogen-bond acceptors (Lipinski definition) is 2. The highest BCUT2D eigenvalue weighted by Gasteiger charge is 2.22. The van der Waals surface area contributed by atoms with Crippen molar-refractivity contribution in [3.8, 4) is 0 Å². The van der Waals surface area contributed by atoms with E-state index in [0.717, 1.165) is 36.9 Å². The Morgan fingerprint density at radius 2 is 2.15 bits per heavy atom. The molecule has 1 fully saturated rings. The van der Waals surface area contributed by atoms with E-state index in [0.29, 0.717) is 23.0 Å². The van der Waals surface area contributed by atoms with Crippen LogP contribution in [0, 0.1) is 5.92 Å². The lowest BCUT2D eigenvalue weighted by molar-refractivity contribution is 0.0727. The molecule has 0 spiro atoms. The molecule has 20 heavy (non-hydrogen) atoms. The van der Waals surface area contributed by atoms with Crippen molar-refractivity contribution >= 4 is 33.4 Å². The van der Waals surface area contributed by atoms with Crippen LogP contribution >= 0.6 is 27.5 Å². The van der Waals surface area contributed by atoms with E-state index in [1.54, 1.807) is 12.1 Å². The molecule has 1 heterocycles. The summed E-state index contributed by atoms with van der Waals surface area (Å²) in [5.41, 5.74) is 0.580. The third-order valence-electron chi connectivity index (χ3n) is 3.77. The van der Waals surface area contributed by atoms with Gasteiger partial charge < -0.3 is 10.2 Å². The maximum atomic E-state index is 12.6. The van der Waals surface area contributed by atoms with Gasteiger partial charge in [-0.15, -0.1) is 0 Å². The monoisotopic (exact) mass is 358 g/mol. The Hall–Kier alpha value is -0.580. The fraction of sp³-hybridized carbons (Fsp3) is 0.533. The van der Waals surface area contributed by atoms with E-state index in [2.05, 4.69) is 21.2 Å². The molecule has 1 amide bonds. The molecule has 1 aromatic carbocycles. The van der Waals surface area contributed by atoms with E-state index >= 15 is 0 Å². The quantitative estimate of drug-likeness (QED) is 0.891. The van der Waals surface area contributed by atoms with E-state index in [1.807, 2.05) is 17.9 Å². The second-order valence-corrected chi connectivity index (χ2v) is 6.48. The van der Waals surface area contributed by atoms with Crippen LogP contribution in [0.4, 0.5) is 0 Å². The van der Waals surface area contributed by atoms with Crippen molar-refractivity contribution in [3.05, 3.63) is 33.3 Å². The van der Waals surface area contributed by atoms with Gasteiger partial charge in [0.25, 0.3) is 5.91 Å². The average molecular weight is 360 g/mol. The van der Waals surface area contributed by atoms with Crippen LogP contribution in [0.2, 0.25) is 5.02 Å². The van der Waals surface area contributed by atoms with Crippen molar-refractivity contribution in [2.75, 3.05) is 26.2 Å². The Balaban J connectivity index is 2.09. The Morgan fingerprint density at radius 1 is 1.45 bits per heavy atom. The number of halogens is 2. The van der Waals surface area contributed by atoms with Gasteiger partial charge in [0.2, 0.25) is 0 Å². The van der Waals surface area contributed by atoms with Gasteiger partial charge in [0.1, 0.15) is 0 Å². The number of carbonyl (C=O) groups excluding carboxylic acids is 1. The highest BCUT2D eigenvalue weighted by atomic mass is 79.9. The lowest BCUT2D eigenvalue weighted by atomic mass is 9.97. The van der Waals surface area contributed by atoms with Gasteiger partial charge >= 0.3 is 0 Å². The zero-order valence-electron chi connectivity index (χ0n) is 11.7. The molecule has 1 aromatic rings. The molecule has 0 saturated carbocycles. The number of nitrogens with one attached hydrogen (secondary N) is 1. The lowest BCUT2D eigenvalue weighted by Gasteiger charge is -2.29. The van der Waals surface area contributed by atoms with Crippen LogP contribution in [-0.2, 0) is 0 Å². The molecule has 0 aromatic heterocycles. The van der Waals surface area contributed by atoms with E-state index < -0.39 is 0 Å². The van der Waals surface area contributed by atoms with Crippen molar-refractivity contribution in [1.82, 2.24) is 10.2 Å². The van der Waals surface area contributed by atoms with Crippen molar-refractivity contribution in [2.45, 2.75) is 19.8 Å². The van der Waals surface area contributed by atoms with Gasteiger partial charge in [-0.25, -0.2) is 0 Å². The third kappa shape index (κ3) is 3.96. The molecule has 3 nitrogen and oxygen atoms in total. The first kappa shape index (κ1) is 15.8. The first-order chi connectivity index (χ1) is 9.61. The molecule has 0 unspecified atom stereocenters. The molecule has 0 bridgehead atoms. The molecule has 1 N–H and O–H groups in total. The van der Waals surface area contributed by atoms with Gasteiger partial charge in [-0.2, -0.15) is 0 Å². The molecule has 5 heteroatoms. The molecule has 0 atom stereocenters. The summed E-state index contributed by atoms with van der Waals surface area (Å²) in [6.07, 6.45) is 2.27. The fourth-order valence-corrected chi connectivity index (χ4v) is 3.12. The van der Waals surface area contributed by atoms with Crippen molar-refractivity contribution in [1.29, 1.82) is 0 Å². The number of benzene rings is 1. The number of rotatable bonds is 4. The van der Waals surface area contributed by atoms with Gasteiger partial charge in [0, 0.05) is 17.6 Å². The summed E-state index contributed by atoms with van der Waals surface area (Å²) in [5.74, 6) is 0.614. The third-order valence-corrected chi connectivity index (χ3v) is 4.59. The van der Waals surface area contributed by atoms with Crippen molar-refractivity contribution in [2.24, 2.45) is 5.92 Å². The van der Waals surface area contributed by atoms with Crippen molar-refractivity contribution < 1.29 is 4.79 Å². The zero-order chi connectivity index (χ0) is 14.5. The molecule has 110 valence electrons. The highest BCUT2D eigenvalue weighted by molar-refractivity contribution is 9.10. The van der Waals surface area contributed by atoms with Gasteiger partial charge in [0.05, 0.1) is 10.6 Å². The summed E-state index contributed by atoms with van der Waals surface area (Å²) >= 11 is 9.55. The molecule has 1 aliphatic heterocycles. The Labute approximate surface area is 133 Å².